The van der Waals surface area contributed by atoms with Crippen LogP contribution in [0.25, 0.3) is 0 Å². The van der Waals surface area contributed by atoms with Crippen LogP contribution in [0, 0.1) is 18.3 Å². The maximum absolute atomic E-state index is 8.69. The van der Waals surface area contributed by atoms with Gasteiger partial charge in [-0.05, 0) is 18.9 Å². The van der Waals surface area contributed by atoms with Gasteiger partial charge >= 0.3 is 0 Å². The topological polar surface area (TPSA) is 28.7 Å². The van der Waals surface area contributed by atoms with Gasteiger partial charge in [-0.2, -0.15) is 5.26 Å². The van der Waals surface area contributed by atoms with Crippen molar-refractivity contribution in [2.45, 2.75) is 20.3 Å². The summed E-state index contributed by atoms with van der Waals surface area (Å²) >= 11 is 0. The first kappa shape index (κ1) is 7.87. The zero-order chi connectivity index (χ0) is 8.43. The Bertz CT molecular complexity index is 302. The first-order valence-corrected chi connectivity index (χ1v) is 3.75. The minimum atomic E-state index is 0.796. The molecule has 0 saturated carbocycles. The van der Waals surface area contributed by atoms with Crippen molar-refractivity contribution < 1.29 is 0 Å². The maximum atomic E-state index is 8.69. The molecule has 1 rings (SSSR count). The van der Waals surface area contributed by atoms with Gasteiger partial charge in [0.2, 0.25) is 0 Å². The lowest BCUT2D eigenvalue weighted by atomic mass is 10.1. The van der Waals surface area contributed by atoms with E-state index in [9.17, 15) is 0 Å². The van der Waals surface area contributed by atoms with E-state index in [4.69, 9.17) is 5.26 Å². The Kier molecular flexibility index (Phi) is 2.00. The lowest BCUT2D eigenvalue weighted by Gasteiger charge is -1.98. The summed E-state index contributed by atoms with van der Waals surface area (Å²) in [5.74, 6) is 0. The van der Waals surface area contributed by atoms with Gasteiger partial charge in [-0.15, -0.1) is 0 Å². The summed E-state index contributed by atoms with van der Waals surface area (Å²) in [5.41, 5.74) is 3.17. The minimum absolute atomic E-state index is 0.796. The maximum Gasteiger partial charge on any atom is 0.101 e. The third-order valence-corrected chi connectivity index (χ3v) is 2.04. The molecule has 1 aromatic heterocycles. The van der Waals surface area contributed by atoms with Crippen LogP contribution in [0.5, 0.6) is 0 Å². The predicted molar refractivity (Wildman–Crippen MR) is 44.2 cm³/mol. The zero-order valence-corrected chi connectivity index (χ0v) is 7.18. The first-order valence-electron chi connectivity index (χ1n) is 3.75. The molecule has 0 spiro atoms. The van der Waals surface area contributed by atoms with Crippen molar-refractivity contribution in [1.82, 2.24) is 4.57 Å². The van der Waals surface area contributed by atoms with Gasteiger partial charge in [-0.1, -0.05) is 6.92 Å². The van der Waals surface area contributed by atoms with Crippen molar-refractivity contribution in [3.63, 3.8) is 0 Å². The number of hydrogen-bond donors (Lipinski definition) is 0. The van der Waals surface area contributed by atoms with E-state index in [1.807, 2.05) is 24.7 Å². The number of aryl methyl sites for hydroxylation is 1. The Balaban J connectivity index is 3.28. The van der Waals surface area contributed by atoms with Gasteiger partial charge in [-0.3, -0.25) is 0 Å². The summed E-state index contributed by atoms with van der Waals surface area (Å²) in [5, 5.41) is 8.69. The monoisotopic (exact) mass is 148 g/mol. The average Bonchev–Trinajstić information content (AvgIpc) is 2.26. The molecule has 0 atom stereocenters. The Morgan fingerprint density at radius 1 is 1.64 bits per heavy atom. The van der Waals surface area contributed by atoms with E-state index in [2.05, 4.69) is 13.0 Å². The van der Waals surface area contributed by atoms with Crippen LogP contribution in [0.1, 0.15) is 23.7 Å². The third kappa shape index (κ3) is 1.14. The molecule has 0 aliphatic rings. The molecule has 0 unspecified atom stereocenters. The summed E-state index contributed by atoms with van der Waals surface area (Å²) in [6.45, 7) is 4.10. The van der Waals surface area contributed by atoms with Gasteiger partial charge in [0.1, 0.15) is 6.07 Å². The Morgan fingerprint density at radius 2 is 2.27 bits per heavy atom. The second kappa shape index (κ2) is 2.79. The van der Waals surface area contributed by atoms with E-state index in [0.29, 0.717) is 0 Å². The summed E-state index contributed by atoms with van der Waals surface area (Å²) in [7, 11) is 1.98. The second-order valence-corrected chi connectivity index (χ2v) is 2.69. The quantitative estimate of drug-likeness (QED) is 0.596. The van der Waals surface area contributed by atoms with Gasteiger partial charge in [0, 0.05) is 18.9 Å². The van der Waals surface area contributed by atoms with Gasteiger partial charge in [-0.25, -0.2) is 0 Å². The lowest BCUT2D eigenvalue weighted by Crippen LogP contribution is -1.93. The molecular weight excluding hydrogens is 136 g/mol. The van der Waals surface area contributed by atoms with Crippen LogP contribution in [0.3, 0.4) is 0 Å². The molecule has 2 nitrogen and oxygen atoms in total. The van der Waals surface area contributed by atoms with Crippen LogP contribution in [0.15, 0.2) is 6.20 Å². The van der Waals surface area contributed by atoms with E-state index in [-0.39, 0.29) is 0 Å². The van der Waals surface area contributed by atoms with Crippen molar-refractivity contribution in [2.24, 2.45) is 7.05 Å². The molecule has 0 aromatic carbocycles. The SMILES string of the molecule is CCc1c(C)c(C#N)cn1C. The van der Waals surface area contributed by atoms with E-state index >= 15 is 0 Å². The Labute approximate surface area is 67.1 Å². The average molecular weight is 148 g/mol. The molecule has 0 saturated heterocycles. The zero-order valence-electron chi connectivity index (χ0n) is 7.18. The molecule has 0 radical (unpaired) electrons. The molecule has 58 valence electrons. The van der Waals surface area contributed by atoms with E-state index < -0.39 is 0 Å². The highest BCUT2D eigenvalue weighted by atomic mass is 14.9. The molecule has 0 N–H and O–H groups in total. The Hall–Kier alpha value is -1.23. The molecule has 0 bridgehead atoms. The van der Waals surface area contributed by atoms with Crippen LogP contribution in [-0.4, -0.2) is 4.57 Å². The second-order valence-electron chi connectivity index (χ2n) is 2.69. The minimum Gasteiger partial charge on any atom is -0.353 e. The van der Waals surface area contributed by atoms with Crippen molar-refractivity contribution in [2.75, 3.05) is 0 Å². The molecule has 0 amide bonds. The van der Waals surface area contributed by atoms with Crippen LogP contribution in [0.2, 0.25) is 0 Å². The summed E-state index contributed by atoms with van der Waals surface area (Å²) in [4.78, 5) is 0. The highest BCUT2D eigenvalue weighted by molar-refractivity contribution is 5.39. The molecule has 11 heavy (non-hydrogen) atoms. The molecular formula is C9H12N2. The lowest BCUT2D eigenvalue weighted by molar-refractivity contribution is 0.831. The van der Waals surface area contributed by atoms with Gasteiger partial charge in [0.25, 0.3) is 0 Å². The molecule has 0 aliphatic carbocycles. The fourth-order valence-corrected chi connectivity index (χ4v) is 1.42. The smallest absolute Gasteiger partial charge is 0.101 e. The standard InChI is InChI=1S/C9H12N2/c1-4-9-7(2)8(5-10)6-11(9)3/h6H,4H2,1-3H3. The van der Waals surface area contributed by atoms with Crippen molar-refractivity contribution >= 4 is 0 Å². The van der Waals surface area contributed by atoms with E-state index in [0.717, 1.165) is 17.5 Å². The summed E-state index contributed by atoms with van der Waals surface area (Å²) < 4.78 is 2.02. The largest absolute Gasteiger partial charge is 0.353 e. The number of aromatic nitrogens is 1. The van der Waals surface area contributed by atoms with Crippen LogP contribution in [-0.2, 0) is 13.5 Å². The number of rotatable bonds is 1. The van der Waals surface area contributed by atoms with E-state index in [1.165, 1.54) is 5.69 Å². The number of nitriles is 1. The molecule has 1 heterocycles. The van der Waals surface area contributed by atoms with Crippen molar-refractivity contribution in [3.8, 4) is 6.07 Å². The van der Waals surface area contributed by atoms with Gasteiger partial charge in [0.15, 0.2) is 0 Å². The third-order valence-electron chi connectivity index (χ3n) is 2.04. The molecule has 0 aliphatic heterocycles. The van der Waals surface area contributed by atoms with Crippen molar-refractivity contribution in [3.05, 3.63) is 23.0 Å². The highest BCUT2D eigenvalue weighted by Gasteiger charge is 2.06. The Morgan fingerprint density at radius 3 is 2.55 bits per heavy atom. The van der Waals surface area contributed by atoms with E-state index in [1.54, 1.807) is 0 Å². The van der Waals surface area contributed by atoms with Gasteiger partial charge < -0.3 is 4.57 Å². The fraction of sp³-hybridized carbons (Fsp3) is 0.444. The highest BCUT2D eigenvalue weighted by Crippen LogP contribution is 2.14. The predicted octanol–water partition coefficient (Wildman–Crippen LogP) is 1.77. The van der Waals surface area contributed by atoms with Crippen LogP contribution in [0.4, 0.5) is 0 Å². The van der Waals surface area contributed by atoms with Crippen LogP contribution < -0.4 is 0 Å². The molecule has 1 aromatic rings. The molecule has 0 fully saturated rings. The fourth-order valence-electron chi connectivity index (χ4n) is 1.42. The normalized spacial score (nSPS) is 9.64. The first-order chi connectivity index (χ1) is 5.20. The summed E-state index contributed by atoms with van der Waals surface area (Å²) in [6.07, 6.45) is 2.87. The van der Waals surface area contributed by atoms with Crippen molar-refractivity contribution in [1.29, 1.82) is 5.26 Å². The summed E-state index contributed by atoms with van der Waals surface area (Å²) in [6, 6.07) is 2.17. The molecule has 2 heteroatoms. The number of hydrogen-bond acceptors (Lipinski definition) is 1. The number of nitrogens with zero attached hydrogens (tertiary/aromatic N) is 2. The van der Waals surface area contributed by atoms with Gasteiger partial charge in [0.05, 0.1) is 5.56 Å². The van der Waals surface area contributed by atoms with Crippen LogP contribution >= 0.6 is 0 Å².